The Hall–Kier alpha value is -2.37. The Kier molecular flexibility index (Phi) is 3.37. The number of ether oxygens (including phenoxy) is 2. The van der Waals surface area contributed by atoms with Gasteiger partial charge < -0.3 is 14.0 Å². The number of carbonyl (C=O) groups is 1. The lowest BCUT2D eigenvalue weighted by molar-refractivity contribution is 0.0524. The highest BCUT2D eigenvalue weighted by Crippen LogP contribution is 2.26. The van der Waals surface area contributed by atoms with Crippen molar-refractivity contribution in [1.29, 1.82) is 0 Å². The van der Waals surface area contributed by atoms with E-state index in [4.69, 9.17) is 9.47 Å². The zero-order valence-electron chi connectivity index (χ0n) is 12.0. The average molecular weight is 288 g/mol. The van der Waals surface area contributed by atoms with Gasteiger partial charge >= 0.3 is 5.97 Å². The van der Waals surface area contributed by atoms with E-state index in [2.05, 4.69) is 4.98 Å². The molecule has 0 saturated carbocycles. The van der Waals surface area contributed by atoms with Crippen molar-refractivity contribution in [1.82, 2.24) is 9.55 Å². The van der Waals surface area contributed by atoms with Crippen LogP contribution >= 0.6 is 0 Å². The fourth-order valence-corrected chi connectivity index (χ4v) is 2.49. The van der Waals surface area contributed by atoms with Crippen LogP contribution in [0.15, 0.2) is 17.1 Å². The molecule has 0 bridgehead atoms. The second-order valence-electron chi connectivity index (χ2n) is 4.78. The molecule has 21 heavy (non-hydrogen) atoms. The summed E-state index contributed by atoms with van der Waals surface area (Å²) in [6.07, 6.45) is 2.26. The minimum atomic E-state index is -0.604. The molecular formula is C15H16N2O4. The van der Waals surface area contributed by atoms with Crippen LogP contribution in [-0.2, 0) is 17.7 Å². The lowest BCUT2D eigenvalue weighted by atomic mass is 10.1. The average Bonchev–Trinajstić information content (AvgIpc) is 2.93. The minimum Gasteiger partial charge on any atom is -0.491 e. The van der Waals surface area contributed by atoms with E-state index in [9.17, 15) is 9.59 Å². The Labute approximate surface area is 121 Å². The highest BCUT2D eigenvalue weighted by molar-refractivity contribution is 5.93. The van der Waals surface area contributed by atoms with Crippen molar-refractivity contribution in [2.45, 2.75) is 26.8 Å². The third kappa shape index (κ3) is 2.16. The van der Waals surface area contributed by atoms with Crippen LogP contribution in [0.4, 0.5) is 0 Å². The van der Waals surface area contributed by atoms with E-state index in [1.54, 1.807) is 17.6 Å². The Morgan fingerprint density at radius 3 is 3.00 bits per heavy atom. The van der Waals surface area contributed by atoms with Crippen LogP contribution in [0.25, 0.3) is 11.0 Å². The molecule has 0 saturated heterocycles. The van der Waals surface area contributed by atoms with Crippen molar-refractivity contribution < 1.29 is 14.3 Å². The van der Waals surface area contributed by atoms with Gasteiger partial charge in [-0.25, -0.2) is 9.78 Å². The fourth-order valence-electron chi connectivity index (χ4n) is 2.49. The fraction of sp³-hybridized carbons (Fsp3) is 0.400. The molecule has 0 fully saturated rings. The van der Waals surface area contributed by atoms with Gasteiger partial charge in [-0.3, -0.25) is 4.79 Å². The van der Waals surface area contributed by atoms with Crippen LogP contribution in [0.2, 0.25) is 0 Å². The highest BCUT2D eigenvalue weighted by Gasteiger charge is 2.21. The number of nitrogens with zero attached hydrogens (tertiary/aromatic N) is 2. The molecule has 0 spiro atoms. The molecule has 3 heterocycles. The summed E-state index contributed by atoms with van der Waals surface area (Å²) in [7, 11) is 0. The van der Waals surface area contributed by atoms with Crippen molar-refractivity contribution in [3.8, 4) is 5.75 Å². The van der Waals surface area contributed by atoms with Crippen LogP contribution in [-0.4, -0.2) is 28.7 Å². The van der Waals surface area contributed by atoms with Crippen molar-refractivity contribution in [3.63, 3.8) is 0 Å². The molecule has 6 heteroatoms. The molecule has 3 rings (SSSR count). The molecule has 2 aromatic rings. The molecule has 110 valence electrons. The normalized spacial score (nSPS) is 13.0. The van der Waals surface area contributed by atoms with E-state index >= 15 is 0 Å². The van der Waals surface area contributed by atoms with Gasteiger partial charge in [-0.2, -0.15) is 0 Å². The lowest BCUT2D eigenvalue weighted by Crippen LogP contribution is -2.21. The summed E-state index contributed by atoms with van der Waals surface area (Å²) in [6.45, 7) is 5.05. The van der Waals surface area contributed by atoms with E-state index in [1.165, 1.54) is 6.20 Å². The molecule has 0 aliphatic carbocycles. The monoisotopic (exact) mass is 288 g/mol. The number of pyridine rings is 2. The van der Waals surface area contributed by atoms with Gasteiger partial charge in [0.1, 0.15) is 17.0 Å². The smallest absolute Gasteiger partial charge is 0.343 e. The maximum absolute atomic E-state index is 12.5. The van der Waals surface area contributed by atoms with Gasteiger partial charge in [0.15, 0.2) is 0 Å². The Morgan fingerprint density at radius 2 is 2.29 bits per heavy atom. The summed E-state index contributed by atoms with van der Waals surface area (Å²) in [5.41, 5.74) is 1.11. The van der Waals surface area contributed by atoms with Gasteiger partial charge in [0.05, 0.1) is 24.3 Å². The van der Waals surface area contributed by atoms with E-state index in [-0.39, 0.29) is 17.6 Å². The van der Waals surface area contributed by atoms with Gasteiger partial charge in [0.25, 0.3) is 0 Å². The highest BCUT2D eigenvalue weighted by atomic mass is 16.5. The molecule has 0 unspecified atom stereocenters. The van der Waals surface area contributed by atoms with Crippen molar-refractivity contribution in [2.24, 2.45) is 0 Å². The molecule has 0 aromatic carbocycles. The van der Waals surface area contributed by atoms with Crippen LogP contribution in [0.1, 0.15) is 29.9 Å². The number of aromatic nitrogens is 2. The first-order valence-electron chi connectivity index (χ1n) is 7.02. The molecule has 0 atom stereocenters. The third-order valence-corrected chi connectivity index (χ3v) is 3.52. The third-order valence-electron chi connectivity index (χ3n) is 3.52. The second kappa shape index (κ2) is 5.20. The summed E-state index contributed by atoms with van der Waals surface area (Å²) in [5, 5.41) is 0.392. The zero-order valence-corrected chi connectivity index (χ0v) is 12.0. The number of hydrogen-bond acceptors (Lipinski definition) is 5. The largest absolute Gasteiger partial charge is 0.491 e. The predicted molar refractivity (Wildman–Crippen MR) is 76.8 cm³/mol. The summed E-state index contributed by atoms with van der Waals surface area (Å²) >= 11 is 0. The maximum atomic E-state index is 12.5. The number of fused-ring (bicyclic) bond motifs is 2. The molecule has 0 radical (unpaired) electrons. The van der Waals surface area contributed by atoms with E-state index in [1.807, 2.05) is 6.92 Å². The summed E-state index contributed by atoms with van der Waals surface area (Å²) in [4.78, 5) is 28.9. The summed E-state index contributed by atoms with van der Waals surface area (Å²) in [5.74, 6) is 0.0243. The summed E-state index contributed by atoms with van der Waals surface area (Å²) < 4.78 is 12.2. The van der Waals surface area contributed by atoms with Gasteiger partial charge in [-0.15, -0.1) is 0 Å². The first kappa shape index (κ1) is 13.6. The molecule has 6 nitrogen and oxygen atoms in total. The van der Waals surface area contributed by atoms with Crippen LogP contribution in [0, 0.1) is 0 Å². The van der Waals surface area contributed by atoms with Gasteiger partial charge in [-0.1, -0.05) is 0 Å². The maximum Gasteiger partial charge on any atom is 0.343 e. The van der Waals surface area contributed by atoms with Crippen LogP contribution < -0.4 is 10.2 Å². The van der Waals surface area contributed by atoms with Crippen molar-refractivity contribution >= 4 is 17.0 Å². The Bertz CT molecular complexity index is 779. The number of carbonyl (C=O) groups excluding carboxylic acids is 1. The topological polar surface area (TPSA) is 70.4 Å². The second-order valence-corrected chi connectivity index (χ2v) is 4.78. The van der Waals surface area contributed by atoms with E-state index in [0.29, 0.717) is 29.9 Å². The predicted octanol–water partition coefficient (Wildman–Crippen LogP) is 1.53. The molecule has 1 aliphatic rings. The van der Waals surface area contributed by atoms with E-state index in [0.717, 1.165) is 12.1 Å². The minimum absolute atomic E-state index is 0.0333. The van der Waals surface area contributed by atoms with Crippen molar-refractivity contribution in [3.05, 3.63) is 33.7 Å². The Morgan fingerprint density at radius 1 is 1.48 bits per heavy atom. The molecule has 2 aromatic heterocycles. The van der Waals surface area contributed by atoms with Gasteiger partial charge in [0.2, 0.25) is 5.43 Å². The zero-order chi connectivity index (χ0) is 15.0. The SMILES string of the molecule is CCOC(=O)c1cn(CC)c2nc3c(cc2c1=O)OCC3. The van der Waals surface area contributed by atoms with Crippen molar-refractivity contribution in [2.75, 3.05) is 13.2 Å². The molecule has 0 N–H and O–H groups in total. The van der Waals surface area contributed by atoms with Gasteiger partial charge in [0, 0.05) is 19.2 Å². The summed E-state index contributed by atoms with van der Waals surface area (Å²) in [6, 6.07) is 1.68. The van der Waals surface area contributed by atoms with Crippen LogP contribution in [0.5, 0.6) is 5.75 Å². The molecular weight excluding hydrogens is 272 g/mol. The lowest BCUT2D eigenvalue weighted by Gasteiger charge is -2.11. The number of rotatable bonds is 3. The first-order chi connectivity index (χ1) is 10.2. The van der Waals surface area contributed by atoms with E-state index < -0.39 is 5.97 Å². The van der Waals surface area contributed by atoms with Gasteiger partial charge in [-0.05, 0) is 19.9 Å². The number of esters is 1. The standard InChI is InChI=1S/C15H16N2O4/c1-3-17-8-10(15(19)20-4-2)13(18)9-7-12-11(5-6-21-12)16-14(9)17/h7-8H,3-6H2,1-2H3. The number of hydrogen-bond donors (Lipinski definition) is 0. The quantitative estimate of drug-likeness (QED) is 0.801. The first-order valence-corrected chi connectivity index (χ1v) is 7.02. The number of aryl methyl sites for hydroxylation is 1. The molecule has 0 amide bonds. The molecule has 1 aliphatic heterocycles. The Balaban J connectivity index is 2.29. The van der Waals surface area contributed by atoms with Crippen LogP contribution in [0.3, 0.4) is 0 Å².